The van der Waals surface area contributed by atoms with Crippen LogP contribution in [0.15, 0.2) is 29.2 Å². The molecule has 0 aliphatic rings. The average Bonchev–Trinajstić information content (AvgIpc) is 2.53. The van der Waals surface area contributed by atoms with Gasteiger partial charge in [0, 0.05) is 12.1 Å². The zero-order valence-electron chi connectivity index (χ0n) is 6.84. The Hall–Kier alpha value is -1.82. The SMILES string of the molecule is C=CC(=O)O.O=[N+]([O-])c1ccc(Cl)o1. The number of halogens is 1. The number of hydrogen-bond donors (Lipinski definition) is 1. The van der Waals surface area contributed by atoms with Crippen LogP contribution in [0.5, 0.6) is 0 Å². The minimum atomic E-state index is -0.981. The Morgan fingerprint density at radius 2 is 2.21 bits per heavy atom. The molecule has 0 aliphatic carbocycles. The summed E-state index contributed by atoms with van der Waals surface area (Å²) in [6.07, 6.45) is 0.833. The van der Waals surface area contributed by atoms with Gasteiger partial charge in [0.05, 0.1) is 6.07 Å². The van der Waals surface area contributed by atoms with Crippen molar-refractivity contribution in [2.24, 2.45) is 0 Å². The number of nitrogens with zero attached hydrogens (tertiary/aromatic N) is 1. The first-order valence-electron chi connectivity index (χ1n) is 3.22. The number of nitro groups is 1. The van der Waals surface area contributed by atoms with Crippen molar-refractivity contribution >= 4 is 23.5 Å². The molecule has 0 atom stereocenters. The first kappa shape index (κ1) is 12.2. The van der Waals surface area contributed by atoms with Crippen LogP contribution in [0, 0.1) is 10.1 Å². The van der Waals surface area contributed by atoms with Crippen molar-refractivity contribution in [1.82, 2.24) is 0 Å². The second-order valence-corrected chi connectivity index (χ2v) is 2.25. The second-order valence-electron chi connectivity index (χ2n) is 1.88. The quantitative estimate of drug-likeness (QED) is 0.467. The molecule has 0 aliphatic heterocycles. The third kappa shape index (κ3) is 4.94. The van der Waals surface area contributed by atoms with E-state index in [0.29, 0.717) is 0 Å². The summed E-state index contributed by atoms with van der Waals surface area (Å²) in [6.45, 7) is 2.96. The first-order valence-corrected chi connectivity index (χ1v) is 3.60. The highest BCUT2D eigenvalue weighted by Gasteiger charge is 2.09. The average molecular weight is 220 g/mol. The second kappa shape index (κ2) is 5.76. The Balaban J connectivity index is 0.000000292. The lowest BCUT2D eigenvalue weighted by Crippen LogP contribution is -1.82. The fourth-order valence-corrected chi connectivity index (χ4v) is 0.545. The lowest BCUT2D eigenvalue weighted by Gasteiger charge is -1.78. The largest absolute Gasteiger partial charge is 0.478 e. The molecule has 1 aromatic heterocycles. The highest BCUT2D eigenvalue weighted by Crippen LogP contribution is 2.18. The Morgan fingerprint density at radius 1 is 1.71 bits per heavy atom. The van der Waals surface area contributed by atoms with Crippen molar-refractivity contribution < 1.29 is 19.2 Å². The number of carboxylic acids is 1. The standard InChI is InChI=1S/C4H2ClNO3.C3H4O2/c5-3-1-2-4(9-3)6(7)8;1-2-3(4)5/h1-2H;2H,1H2,(H,4,5). The number of carbonyl (C=O) groups is 1. The molecule has 14 heavy (non-hydrogen) atoms. The van der Waals surface area contributed by atoms with Gasteiger partial charge in [0.2, 0.25) is 5.22 Å². The van der Waals surface area contributed by atoms with Crippen LogP contribution in [0.25, 0.3) is 0 Å². The van der Waals surface area contributed by atoms with Crippen LogP contribution in [-0.4, -0.2) is 16.0 Å². The number of furan rings is 1. The lowest BCUT2D eigenvalue weighted by molar-refractivity contribution is -0.402. The molecule has 1 aromatic rings. The third-order valence-electron chi connectivity index (χ3n) is 0.914. The molecule has 0 amide bonds. The van der Waals surface area contributed by atoms with Crippen molar-refractivity contribution in [2.75, 3.05) is 0 Å². The van der Waals surface area contributed by atoms with Crippen LogP contribution in [-0.2, 0) is 4.79 Å². The zero-order chi connectivity index (χ0) is 11.1. The Kier molecular flexibility index (Phi) is 5.01. The van der Waals surface area contributed by atoms with Gasteiger partial charge in [-0.1, -0.05) is 6.58 Å². The van der Waals surface area contributed by atoms with E-state index in [9.17, 15) is 14.9 Å². The van der Waals surface area contributed by atoms with Crippen molar-refractivity contribution in [3.05, 3.63) is 40.1 Å². The van der Waals surface area contributed by atoms with Gasteiger partial charge in [0.1, 0.15) is 4.92 Å². The normalized spacial score (nSPS) is 8.36. The summed E-state index contributed by atoms with van der Waals surface area (Å²) in [6, 6.07) is 2.52. The summed E-state index contributed by atoms with van der Waals surface area (Å²) in [4.78, 5) is 18.5. The van der Waals surface area contributed by atoms with Gasteiger partial charge in [0.15, 0.2) is 0 Å². The molecule has 0 saturated carbocycles. The monoisotopic (exact) mass is 219 g/mol. The number of aliphatic carboxylic acids is 1. The summed E-state index contributed by atoms with van der Waals surface area (Å²) in [5, 5.41) is 17.5. The van der Waals surface area contributed by atoms with Gasteiger partial charge in [0.25, 0.3) is 0 Å². The summed E-state index contributed by atoms with van der Waals surface area (Å²) in [7, 11) is 0. The van der Waals surface area contributed by atoms with E-state index in [4.69, 9.17) is 16.7 Å². The van der Waals surface area contributed by atoms with Gasteiger partial charge in [-0.25, -0.2) is 4.79 Å². The minimum Gasteiger partial charge on any atom is -0.478 e. The van der Waals surface area contributed by atoms with Crippen molar-refractivity contribution in [3.63, 3.8) is 0 Å². The fraction of sp³-hybridized carbons (Fsp3) is 0. The van der Waals surface area contributed by atoms with Crippen LogP contribution in [0.1, 0.15) is 0 Å². The number of rotatable bonds is 2. The Labute approximate surface area is 83.5 Å². The first-order chi connectivity index (χ1) is 6.47. The van der Waals surface area contributed by atoms with Gasteiger partial charge in [-0.3, -0.25) is 10.1 Å². The molecule has 0 spiro atoms. The van der Waals surface area contributed by atoms with E-state index in [1.807, 2.05) is 0 Å². The molecule has 0 bridgehead atoms. The zero-order valence-corrected chi connectivity index (χ0v) is 7.60. The van der Waals surface area contributed by atoms with E-state index in [2.05, 4.69) is 11.0 Å². The van der Waals surface area contributed by atoms with E-state index < -0.39 is 10.9 Å². The van der Waals surface area contributed by atoms with Crippen molar-refractivity contribution in [2.45, 2.75) is 0 Å². The third-order valence-corrected chi connectivity index (χ3v) is 1.12. The fourth-order valence-electron chi connectivity index (χ4n) is 0.403. The molecule has 0 aromatic carbocycles. The van der Waals surface area contributed by atoms with E-state index >= 15 is 0 Å². The maximum Gasteiger partial charge on any atom is 0.434 e. The van der Waals surface area contributed by atoms with Crippen LogP contribution in [0.2, 0.25) is 5.22 Å². The van der Waals surface area contributed by atoms with Crippen LogP contribution >= 0.6 is 11.6 Å². The minimum absolute atomic E-state index is 0.0294. The molecule has 1 heterocycles. The van der Waals surface area contributed by atoms with Crippen molar-refractivity contribution in [1.29, 1.82) is 0 Å². The van der Waals surface area contributed by atoms with Gasteiger partial charge in [-0.15, -0.1) is 0 Å². The smallest absolute Gasteiger partial charge is 0.434 e. The van der Waals surface area contributed by atoms with Crippen LogP contribution in [0.4, 0.5) is 5.88 Å². The highest BCUT2D eigenvalue weighted by atomic mass is 35.5. The molecular formula is C7H6ClNO5. The molecule has 0 unspecified atom stereocenters. The van der Waals surface area contributed by atoms with E-state index in [1.165, 1.54) is 12.1 Å². The van der Waals surface area contributed by atoms with Gasteiger partial charge in [-0.2, -0.15) is 0 Å². The van der Waals surface area contributed by atoms with E-state index in [-0.39, 0.29) is 11.1 Å². The van der Waals surface area contributed by atoms with Crippen molar-refractivity contribution in [3.8, 4) is 0 Å². The lowest BCUT2D eigenvalue weighted by atomic mass is 10.6. The van der Waals surface area contributed by atoms with Gasteiger partial charge < -0.3 is 9.52 Å². The maximum absolute atomic E-state index is 9.87. The molecule has 1 N–H and O–H groups in total. The maximum atomic E-state index is 9.87. The number of carboxylic acid groups (broad SMARTS) is 1. The van der Waals surface area contributed by atoms with Crippen LogP contribution < -0.4 is 0 Å². The number of hydrogen-bond acceptors (Lipinski definition) is 4. The summed E-state index contributed by atoms with van der Waals surface area (Å²) >= 11 is 5.23. The molecule has 7 heteroatoms. The highest BCUT2D eigenvalue weighted by molar-refractivity contribution is 6.28. The molecular weight excluding hydrogens is 214 g/mol. The molecule has 76 valence electrons. The summed E-state index contributed by atoms with van der Waals surface area (Å²) < 4.78 is 4.41. The van der Waals surface area contributed by atoms with Gasteiger partial charge >= 0.3 is 11.9 Å². The summed E-state index contributed by atoms with van der Waals surface area (Å²) in [5.74, 6) is -1.31. The van der Waals surface area contributed by atoms with E-state index in [0.717, 1.165) is 6.08 Å². The Bertz CT molecular complexity index is 346. The molecule has 0 radical (unpaired) electrons. The molecule has 1 rings (SSSR count). The predicted octanol–water partition coefficient (Wildman–Crippen LogP) is 2.10. The van der Waals surface area contributed by atoms with E-state index in [1.54, 1.807) is 0 Å². The summed E-state index contributed by atoms with van der Waals surface area (Å²) in [5.41, 5.74) is 0. The van der Waals surface area contributed by atoms with Crippen LogP contribution in [0.3, 0.4) is 0 Å². The molecule has 0 saturated heterocycles. The molecule has 6 nitrogen and oxygen atoms in total. The Morgan fingerprint density at radius 3 is 2.36 bits per heavy atom. The molecule has 0 fully saturated rings. The predicted molar refractivity (Wildman–Crippen MR) is 48.2 cm³/mol. The topological polar surface area (TPSA) is 93.6 Å². The van der Waals surface area contributed by atoms with Gasteiger partial charge in [-0.05, 0) is 11.6 Å².